The van der Waals surface area contributed by atoms with Crippen molar-refractivity contribution in [2.24, 2.45) is 0 Å². The molecule has 8 nitrogen and oxygen atoms in total. The first-order valence-corrected chi connectivity index (χ1v) is 13.0. The molecule has 39 heavy (non-hydrogen) atoms. The monoisotopic (exact) mass is 538 g/mol. The van der Waals surface area contributed by atoms with Gasteiger partial charge in [-0.3, -0.25) is 19.2 Å². The van der Waals surface area contributed by atoms with Crippen molar-refractivity contribution in [1.29, 1.82) is 0 Å². The third-order valence-electron chi connectivity index (χ3n) is 6.17. The summed E-state index contributed by atoms with van der Waals surface area (Å²) in [6, 6.07) is 22.5. The van der Waals surface area contributed by atoms with Gasteiger partial charge < -0.3 is 15.4 Å². The summed E-state index contributed by atoms with van der Waals surface area (Å²) in [5, 5.41) is 7.04. The number of esters is 1. The van der Waals surface area contributed by atoms with Gasteiger partial charge in [-0.15, -0.1) is 11.3 Å². The summed E-state index contributed by atoms with van der Waals surface area (Å²) in [6.07, 6.45) is 0.181. The molecule has 1 aromatic heterocycles. The van der Waals surface area contributed by atoms with Gasteiger partial charge in [-0.25, -0.2) is 4.79 Å². The zero-order chi connectivity index (χ0) is 27.4. The van der Waals surface area contributed by atoms with Gasteiger partial charge in [-0.2, -0.15) is 0 Å². The fourth-order valence-electron chi connectivity index (χ4n) is 4.29. The maximum absolute atomic E-state index is 12.9. The number of carbonyl (C=O) groups excluding carboxylic acids is 5. The van der Waals surface area contributed by atoms with Crippen molar-refractivity contribution in [3.63, 3.8) is 0 Å². The number of fused-ring (bicyclic) bond motifs is 2. The number of nitrogens with one attached hydrogen (secondary N) is 2. The molecule has 3 aromatic carbocycles. The van der Waals surface area contributed by atoms with Crippen LogP contribution in [0.25, 0.3) is 0 Å². The number of hydrogen-bond donors (Lipinski definition) is 2. The molecule has 4 aromatic rings. The zero-order valence-corrected chi connectivity index (χ0v) is 21.3. The van der Waals surface area contributed by atoms with Gasteiger partial charge in [0.2, 0.25) is 0 Å². The van der Waals surface area contributed by atoms with Crippen molar-refractivity contribution < 1.29 is 28.7 Å². The van der Waals surface area contributed by atoms with E-state index in [1.54, 1.807) is 41.8 Å². The quantitative estimate of drug-likeness (QED) is 0.288. The molecule has 1 aliphatic rings. The molecule has 194 valence electrons. The first-order chi connectivity index (χ1) is 18.9. The van der Waals surface area contributed by atoms with E-state index in [-0.39, 0.29) is 34.8 Å². The molecule has 2 N–H and O–H groups in total. The number of carbonyl (C=O) groups is 5. The fourth-order valence-corrected chi connectivity index (χ4v) is 4.92. The molecule has 1 aliphatic carbocycles. The van der Waals surface area contributed by atoms with Crippen molar-refractivity contribution in [2.75, 3.05) is 11.9 Å². The SMILES string of the molecule is O=C(COC(=O)C(Cc1ccccc1)NC(=O)c1cccs1)Nc1ccc2c(c1)C(=O)c1ccccc1C2=O. The van der Waals surface area contributed by atoms with E-state index in [1.807, 2.05) is 30.3 Å². The number of thiophene rings is 1. The third kappa shape index (κ3) is 5.68. The van der Waals surface area contributed by atoms with E-state index in [0.717, 1.165) is 5.56 Å². The topological polar surface area (TPSA) is 119 Å². The largest absolute Gasteiger partial charge is 0.454 e. The number of rotatable bonds is 8. The van der Waals surface area contributed by atoms with E-state index in [1.165, 1.54) is 29.5 Å². The maximum Gasteiger partial charge on any atom is 0.329 e. The van der Waals surface area contributed by atoms with Crippen LogP contribution >= 0.6 is 11.3 Å². The van der Waals surface area contributed by atoms with Crippen LogP contribution in [-0.2, 0) is 20.7 Å². The molecule has 5 rings (SSSR count). The standard InChI is InChI=1S/C30H22N2O6S/c33-26(31-19-12-13-22-23(16-19)28(35)21-10-5-4-9-20(21)27(22)34)17-38-30(37)24(15-18-7-2-1-3-8-18)32-29(36)25-11-6-14-39-25/h1-14,16,24H,15,17H2,(H,31,33)(H,32,36). The van der Waals surface area contributed by atoms with Gasteiger partial charge in [0.1, 0.15) is 6.04 Å². The molecule has 0 spiro atoms. The molecule has 0 radical (unpaired) electrons. The molecular weight excluding hydrogens is 516 g/mol. The Morgan fingerprint density at radius 1 is 0.769 bits per heavy atom. The highest BCUT2D eigenvalue weighted by Gasteiger charge is 2.30. The predicted molar refractivity (Wildman–Crippen MR) is 145 cm³/mol. The summed E-state index contributed by atoms with van der Waals surface area (Å²) in [6.45, 7) is -0.605. The van der Waals surface area contributed by atoms with E-state index in [2.05, 4.69) is 10.6 Å². The van der Waals surface area contributed by atoms with Crippen LogP contribution in [0.4, 0.5) is 5.69 Å². The van der Waals surface area contributed by atoms with Crippen LogP contribution in [0.1, 0.15) is 47.1 Å². The average Bonchev–Trinajstić information content (AvgIpc) is 3.50. The number of amides is 2. The van der Waals surface area contributed by atoms with Crippen molar-refractivity contribution in [1.82, 2.24) is 5.32 Å². The Bertz CT molecular complexity index is 1580. The Labute approximate surface area is 227 Å². The number of ether oxygens (including phenoxy) is 1. The summed E-state index contributed by atoms with van der Waals surface area (Å²) in [7, 11) is 0. The zero-order valence-electron chi connectivity index (χ0n) is 20.5. The molecule has 9 heteroatoms. The van der Waals surface area contributed by atoms with E-state index in [0.29, 0.717) is 16.0 Å². The van der Waals surface area contributed by atoms with Gasteiger partial charge in [0.15, 0.2) is 18.2 Å². The molecule has 0 saturated carbocycles. The first kappa shape index (κ1) is 25.7. The highest BCUT2D eigenvalue weighted by molar-refractivity contribution is 7.12. The molecule has 2 amide bonds. The van der Waals surface area contributed by atoms with Crippen molar-refractivity contribution in [3.05, 3.63) is 123 Å². The van der Waals surface area contributed by atoms with Gasteiger partial charge in [0.05, 0.1) is 4.88 Å². The maximum atomic E-state index is 12.9. The van der Waals surface area contributed by atoms with E-state index < -0.39 is 30.4 Å². The van der Waals surface area contributed by atoms with Crippen molar-refractivity contribution >= 4 is 46.4 Å². The molecule has 0 saturated heterocycles. The van der Waals surface area contributed by atoms with Crippen LogP contribution in [-0.4, -0.2) is 42.0 Å². The first-order valence-electron chi connectivity index (χ1n) is 12.1. The van der Waals surface area contributed by atoms with Crippen molar-refractivity contribution in [2.45, 2.75) is 12.5 Å². The van der Waals surface area contributed by atoms with Gasteiger partial charge in [0, 0.05) is 34.4 Å². The molecule has 0 bridgehead atoms. The average molecular weight is 539 g/mol. The molecule has 1 unspecified atom stereocenters. The van der Waals surface area contributed by atoms with E-state index >= 15 is 0 Å². The Morgan fingerprint density at radius 3 is 2.13 bits per heavy atom. The van der Waals surface area contributed by atoms with E-state index in [4.69, 9.17) is 4.74 Å². The second-order valence-electron chi connectivity index (χ2n) is 8.81. The predicted octanol–water partition coefficient (Wildman–Crippen LogP) is 4.05. The lowest BCUT2D eigenvalue weighted by Crippen LogP contribution is -2.43. The minimum Gasteiger partial charge on any atom is -0.454 e. The van der Waals surface area contributed by atoms with Gasteiger partial charge >= 0.3 is 5.97 Å². The lowest BCUT2D eigenvalue weighted by molar-refractivity contribution is -0.149. The van der Waals surface area contributed by atoms with Gasteiger partial charge in [-0.1, -0.05) is 60.7 Å². The van der Waals surface area contributed by atoms with Crippen LogP contribution in [0.3, 0.4) is 0 Å². The lowest BCUT2D eigenvalue weighted by Gasteiger charge is -2.19. The van der Waals surface area contributed by atoms with Gasteiger partial charge in [0.25, 0.3) is 11.8 Å². The third-order valence-corrected chi connectivity index (χ3v) is 7.04. The number of anilines is 1. The molecule has 0 fully saturated rings. The Balaban J connectivity index is 1.24. The Morgan fingerprint density at radius 2 is 1.44 bits per heavy atom. The summed E-state index contributed by atoms with van der Waals surface area (Å²) >= 11 is 1.24. The molecular formula is C30H22N2O6S. The van der Waals surface area contributed by atoms with Crippen LogP contribution in [0.2, 0.25) is 0 Å². The minimum atomic E-state index is -1.01. The number of hydrogen-bond acceptors (Lipinski definition) is 7. The molecule has 0 aliphatic heterocycles. The fraction of sp³-hybridized carbons (Fsp3) is 0.100. The van der Waals surface area contributed by atoms with Crippen LogP contribution in [0.15, 0.2) is 90.3 Å². The lowest BCUT2D eigenvalue weighted by atomic mass is 9.84. The molecule has 1 heterocycles. The van der Waals surface area contributed by atoms with Gasteiger partial charge in [-0.05, 0) is 35.2 Å². The van der Waals surface area contributed by atoms with Crippen LogP contribution < -0.4 is 10.6 Å². The normalized spacial score (nSPS) is 12.6. The van der Waals surface area contributed by atoms with E-state index in [9.17, 15) is 24.0 Å². The van der Waals surface area contributed by atoms with Crippen LogP contribution in [0, 0.1) is 0 Å². The number of ketones is 2. The second kappa shape index (κ2) is 11.2. The highest BCUT2D eigenvalue weighted by atomic mass is 32.1. The summed E-state index contributed by atoms with van der Waals surface area (Å²) in [5.74, 6) is -2.39. The second-order valence-corrected chi connectivity index (χ2v) is 9.76. The van der Waals surface area contributed by atoms with Crippen LogP contribution in [0.5, 0.6) is 0 Å². The smallest absolute Gasteiger partial charge is 0.329 e. The minimum absolute atomic E-state index is 0.181. The highest BCUT2D eigenvalue weighted by Crippen LogP contribution is 2.29. The summed E-state index contributed by atoms with van der Waals surface area (Å²) in [5.41, 5.74) is 2.19. The van der Waals surface area contributed by atoms with Crippen molar-refractivity contribution in [3.8, 4) is 0 Å². The molecule has 1 atom stereocenters. The summed E-state index contributed by atoms with van der Waals surface area (Å²) < 4.78 is 5.24. The Kier molecular flexibility index (Phi) is 7.42. The Hall–Kier alpha value is -4.89. The summed E-state index contributed by atoms with van der Waals surface area (Å²) in [4.78, 5) is 64.3. The number of benzene rings is 3.